The summed E-state index contributed by atoms with van der Waals surface area (Å²) >= 11 is 5.62. The highest BCUT2D eigenvalue weighted by atomic mass is 35.5. The molecule has 1 aromatic carbocycles. The predicted octanol–water partition coefficient (Wildman–Crippen LogP) is 0.331. The van der Waals surface area contributed by atoms with E-state index < -0.39 is 27.9 Å². The Kier molecular flexibility index (Phi) is 4.03. The van der Waals surface area contributed by atoms with Gasteiger partial charge in [0, 0.05) is 11.6 Å². The average molecular weight is 305 g/mol. The summed E-state index contributed by atoms with van der Waals surface area (Å²) in [6, 6.07) is 4.96. The van der Waals surface area contributed by atoms with Crippen LogP contribution in [0.2, 0.25) is 5.02 Å². The smallest absolute Gasteiger partial charge is 0.242 e. The molecule has 0 saturated carbocycles. The van der Waals surface area contributed by atoms with Crippen molar-refractivity contribution in [3.8, 4) is 6.07 Å². The summed E-state index contributed by atoms with van der Waals surface area (Å²) in [7, 11) is -3.96. The lowest BCUT2D eigenvalue weighted by molar-refractivity contribution is 0.477. The van der Waals surface area contributed by atoms with E-state index in [4.69, 9.17) is 16.9 Å². The molecule has 6 nitrogen and oxygen atoms in total. The summed E-state index contributed by atoms with van der Waals surface area (Å²) < 4.78 is 39.5. The van der Waals surface area contributed by atoms with Crippen molar-refractivity contribution in [2.45, 2.75) is 11.1 Å². The van der Waals surface area contributed by atoms with Crippen LogP contribution in [-0.4, -0.2) is 21.1 Å². The second kappa shape index (κ2) is 5.40. The summed E-state index contributed by atoms with van der Waals surface area (Å²) in [6.45, 7) is 0.313. The number of rotatable bonds is 3. The Labute approximate surface area is 114 Å². The number of halogens is 2. The number of benzene rings is 1. The van der Waals surface area contributed by atoms with Gasteiger partial charge in [-0.05, 0) is 18.2 Å². The first kappa shape index (κ1) is 14.2. The molecular weight excluding hydrogens is 295 g/mol. The van der Waals surface area contributed by atoms with Crippen molar-refractivity contribution >= 4 is 21.6 Å². The normalized spacial score (nSPS) is 23.2. The molecule has 0 spiro atoms. The monoisotopic (exact) mass is 304 g/mol. The molecule has 2 atom stereocenters. The van der Waals surface area contributed by atoms with Crippen LogP contribution in [0.5, 0.6) is 0 Å². The fourth-order valence-corrected chi connectivity index (χ4v) is 3.18. The SMILES string of the molecule is N#CC1CNNC1NS(=O)(=O)c1cc(F)cc(Cl)c1. The van der Waals surface area contributed by atoms with Crippen molar-refractivity contribution in [1.82, 2.24) is 15.6 Å². The number of nitrogens with zero attached hydrogens (tertiary/aromatic N) is 1. The van der Waals surface area contributed by atoms with E-state index in [9.17, 15) is 12.8 Å². The van der Waals surface area contributed by atoms with Crippen molar-refractivity contribution in [3.63, 3.8) is 0 Å². The van der Waals surface area contributed by atoms with Gasteiger partial charge in [-0.3, -0.25) is 5.43 Å². The number of nitriles is 1. The van der Waals surface area contributed by atoms with Crippen LogP contribution in [-0.2, 0) is 10.0 Å². The largest absolute Gasteiger partial charge is 0.255 e. The van der Waals surface area contributed by atoms with Gasteiger partial charge in [-0.2, -0.15) is 9.98 Å². The highest BCUT2D eigenvalue weighted by molar-refractivity contribution is 7.89. The van der Waals surface area contributed by atoms with Crippen molar-refractivity contribution < 1.29 is 12.8 Å². The Morgan fingerprint density at radius 2 is 2.21 bits per heavy atom. The van der Waals surface area contributed by atoms with Gasteiger partial charge in [0.05, 0.1) is 16.9 Å². The highest BCUT2D eigenvalue weighted by Crippen LogP contribution is 2.19. The molecule has 0 amide bonds. The average Bonchev–Trinajstić information content (AvgIpc) is 2.74. The number of sulfonamides is 1. The summed E-state index contributed by atoms with van der Waals surface area (Å²) in [4.78, 5) is -0.289. The lowest BCUT2D eigenvalue weighted by Gasteiger charge is -2.15. The van der Waals surface area contributed by atoms with Gasteiger partial charge in [0.15, 0.2) is 0 Å². The van der Waals surface area contributed by atoms with Gasteiger partial charge < -0.3 is 0 Å². The van der Waals surface area contributed by atoms with E-state index in [-0.39, 0.29) is 9.92 Å². The molecule has 1 heterocycles. The van der Waals surface area contributed by atoms with Gasteiger partial charge in [-0.15, -0.1) is 0 Å². The van der Waals surface area contributed by atoms with Crippen LogP contribution in [0.15, 0.2) is 23.1 Å². The van der Waals surface area contributed by atoms with E-state index in [0.29, 0.717) is 6.54 Å². The van der Waals surface area contributed by atoms with Crippen LogP contribution in [0.4, 0.5) is 4.39 Å². The van der Waals surface area contributed by atoms with E-state index >= 15 is 0 Å². The predicted molar refractivity (Wildman–Crippen MR) is 65.8 cm³/mol. The fourth-order valence-electron chi connectivity index (χ4n) is 1.65. The molecule has 2 unspecified atom stereocenters. The van der Waals surface area contributed by atoms with Crippen molar-refractivity contribution in [2.75, 3.05) is 6.54 Å². The van der Waals surface area contributed by atoms with Gasteiger partial charge in [0.25, 0.3) is 0 Å². The van der Waals surface area contributed by atoms with Crippen LogP contribution >= 0.6 is 11.6 Å². The van der Waals surface area contributed by atoms with Crippen LogP contribution in [0.25, 0.3) is 0 Å². The number of hydrogen-bond donors (Lipinski definition) is 3. The van der Waals surface area contributed by atoms with E-state index in [1.54, 1.807) is 0 Å². The zero-order chi connectivity index (χ0) is 14.0. The fraction of sp³-hybridized carbons (Fsp3) is 0.300. The van der Waals surface area contributed by atoms with E-state index in [2.05, 4.69) is 15.6 Å². The molecule has 9 heteroatoms. The molecule has 1 saturated heterocycles. The van der Waals surface area contributed by atoms with Gasteiger partial charge in [0.1, 0.15) is 12.0 Å². The molecule has 0 radical (unpaired) electrons. The molecule has 2 rings (SSSR count). The molecule has 0 aromatic heterocycles. The third-order valence-electron chi connectivity index (χ3n) is 2.58. The van der Waals surface area contributed by atoms with Crippen LogP contribution in [0, 0.1) is 23.1 Å². The maximum absolute atomic E-state index is 13.2. The Morgan fingerprint density at radius 3 is 2.84 bits per heavy atom. The van der Waals surface area contributed by atoms with E-state index in [0.717, 1.165) is 18.2 Å². The standard InChI is InChI=1S/C10H10ClFN4O2S/c11-7-1-8(12)3-9(2-7)19(17,18)16-10-6(4-13)5-14-15-10/h1-3,6,10,14-16H,5H2. The van der Waals surface area contributed by atoms with E-state index in [1.807, 2.05) is 6.07 Å². The summed E-state index contributed by atoms with van der Waals surface area (Å²) in [5.41, 5.74) is 5.29. The molecule has 1 aliphatic rings. The second-order valence-electron chi connectivity index (χ2n) is 3.96. The molecule has 1 aliphatic heterocycles. The topological polar surface area (TPSA) is 94.0 Å². The molecule has 19 heavy (non-hydrogen) atoms. The minimum absolute atomic E-state index is 0.0188. The molecule has 0 aliphatic carbocycles. The molecular formula is C10H10ClFN4O2S. The third-order valence-corrected chi connectivity index (χ3v) is 4.21. The van der Waals surface area contributed by atoms with E-state index in [1.165, 1.54) is 0 Å². The molecule has 1 fully saturated rings. The molecule has 0 bridgehead atoms. The molecule has 1 aromatic rings. The summed E-state index contributed by atoms with van der Waals surface area (Å²) in [5.74, 6) is -1.30. The maximum Gasteiger partial charge on any atom is 0.242 e. The van der Waals surface area contributed by atoms with Crippen LogP contribution in [0.3, 0.4) is 0 Å². The quantitative estimate of drug-likeness (QED) is 0.748. The highest BCUT2D eigenvalue weighted by Gasteiger charge is 2.31. The van der Waals surface area contributed by atoms with Gasteiger partial charge in [-0.25, -0.2) is 18.2 Å². The Balaban J connectivity index is 2.25. The first-order valence-electron chi connectivity index (χ1n) is 5.29. The Hall–Kier alpha value is -1.24. The lowest BCUT2D eigenvalue weighted by atomic mass is 10.1. The van der Waals surface area contributed by atoms with Crippen LogP contribution < -0.4 is 15.6 Å². The van der Waals surface area contributed by atoms with Gasteiger partial charge in [0.2, 0.25) is 10.0 Å². The summed E-state index contributed by atoms with van der Waals surface area (Å²) in [5, 5.41) is 8.83. The zero-order valence-corrected chi connectivity index (χ0v) is 11.1. The Morgan fingerprint density at radius 1 is 1.47 bits per heavy atom. The number of nitrogens with one attached hydrogen (secondary N) is 3. The first-order valence-corrected chi connectivity index (χ1v) is 7.15. The number of hydrazine groups is 1. The van der Waals surface area contributed by atoms with Crippen molar-refractivity contribution in [3.05, 3.63) is 29.0 Å². The van der Waals surface area contributed by atoms with Crippen LogP contribution in [0.1, 0.15) is 0 Å². The third kappa shape index (κ3) is 3.20. The number of hydrogen-bond acceptors (Lipinski definition) is 5. The second-order valence-corrected chi connectivity index (χ2v) is 6.12. The van der Waals surface area contributed by atoms with Crippen molar-refractivity contribution in [1.29, 1.82) is 5.26 Å². The minimum Gasteiger partial charge on any atom is -0.255 e. The van der Waals surface area contributed by atoms with Gasteiger partial charge in [-0.1, -0.05) is 11.6 Å². The maximum atomic E-state index is 13.2. The lowest BCUT2D eigenvalue weighted by Crippen LogP contribution is -2.46. The Bertz CT molecular complexity index is 611. The molecule has 3 N–H and O–H groups in total. The summed E-state index contributed by atoms with van der Waals surface area (Å²) in [6.07, 6.45) is -0.781. The molecule has 102 valence electrons. The van der Waals surface area contributed by atoms with Gasteiger partial charge >= 0.3 is 0 Å². The minimum atomic E-state index is -3.96. The zero-order valence-electron chi connectivity index (χ0n) is 9.52. The van der Waals surface area contributed by atoms with Crippen molar-refractivity contribution in [2.24, 2.45) is 5.92 Å². The first-order chi connectivity index (χ1) is 8.92.